The molecule has 0 unspecified atom stereocenters. The molecule has 0 saturated heterocycles. The molecular weight excluding hydrogens is 514 g/mol. The van der Waals surface area contributed by atoms with E-state index in [-0.39, 0.29) is 39.3 Å². The molecule has 0 aliphatic heterocycles. The number of nitrogens with one attached hydrogen (secondary N) is 2. The fraction of sp³-hybridized carbons (Fsp3) is 0.0714. The molecule has 0 atom stereocenters. The Morgan fingerprint density at radius 1 is 0.737 bits per heavy atom. The highest BCUT2D eigenvalue weighted by Crippen LogP contribution is 2.39. The lowest BCUT2D eigenvalue weighted by molar-refractivity contribution is 0.0980. The average Bonchev–Trinajstić information content (AvgIpc) is 2.88. The van der Waals surface area contributed by atoms with Crippen molar-refractivity contribution in [3.05, 3.63) is 106 Å². The third-order valence-corrected chi connectivity index (χ3v) is 7.08. The minimum atomic E-state index is -4.95. The number of benzene rings is 4. The highest BCUT2D eigenvalue weighted by molar-refractivity contribution is 7.86. The Balaban J connectivity index is 1.58. The van der Waals surface area contributed by atoms with Crippen molar-refractivity contribution in [1.29, 1.82) is 0 Å². The summed E-state index contributed by atoms with van der Waals surface area (Å²) in [5.41, 5.74) is 2.17. The van der Waals surface area contributed by atoms with Crippen molar-refractivity contribution < 1.29 is 31.0 Å². The number of aryl methyl sites for hydroxylation is 1. The Morgan fingerprint density at radius 3 is 1.87 bits per heavy atom. The number of anilines is 4. The maximum absolute atomic E-state index is 13.9. The number of halogens is 2. The van der Waals surface area contributed by atoms with Gasteiger partial charge in [0, 0.05) is 22.9 Å². The van der Waals surface area contributed by atoms with Crippen LogP contribution in [0.15, 0.2) is 77.7 Å². The number of hydrogen-bond acceptors (Lipinski definition) is 7. The zero-order valence-corrected chi connectivity index (χ0v) is 21.0. The lowest BCUT2D eigenvalue weighted by Gasteiger charge is -2.24. The van der Waals surface area contributed by atoms with Crippen molar-refractivity contribution in [3.8, 4) is 5.75 Å². The van der Waals surface area contributed by atoms with Crippen LogP contribution < -0.4 is 15.4 Å². The van der Waals surface area contributed by atoms with Crippen molar-refractivity contribution in [2.45, 2.75) is 11.8 Å². The lowest BCUT2D eigenvalue weighted by Crippen LogP contribution is -2.23. The van der Waals surface area contributed by atoms with E-state index in [4.69, 9.17) is 4.74 Å². The topological polar surface area (TPSA) is 102 Å². The van der Waals surface area contributed by atoms with Crippen LogP contribution in [0.2, 0.25) is 0 Å². The molecule has 0 aromatic heterocycles. The van der Waals surface area contributed by atoms with E-state index in [0.717, 1.165) is 12.1 Å². The second-order valence-electron chi connectivity index (χ2n) is 8.62. The molecule has 1 aliphatic carbocycles. The molecule has 192 valence electrons. The molecule has 0 radical (unpaired) electrons. The van der Waals surface area contributed by atoms with E-state index in [1.165, 1.54) is 43.5 Å². The van der Waals surface area contributed by atoms with Crippen LogP contribution in [-0.2, 0) is 10.2 Å². The lowest BCUT2D eigenvalue weighted by atomic mass is 9.82. The van der Waals surface area contributed by atoms with Crippen LogP contribution in [-0.4, -0.2) is 27.1 Å². The number of rotatable bonds is 6. The fourth-order valence-electron chi connectivity index (χ4n) is 4.41. The zero-order chi connectivity index (χ0) is 27.2. The minimum Gasteiger partial charge on any atom is -0.495 e. The van der Waals surface area contributed by atoms with Crippen molar-refractivity contribution in [2.24, 2.45) is 0 Å². The van der Waals surface area contributed by atoms with Gasteiger partial charge in [-0.15, -0.1) is 3.89 Å². The molecule has 1 aliphatic rings. The largest absolute Gasteiger partial charge is 0.495 e. The fourth-order valence-corrected chi connectivity index (χ4v) is 4.89. The molecule has 0 amide bonds. The third-order valence-electron chi connectivity index (χ3n) is 6.26. The molecule has 38 heavy (non-hydrogen) atoms. The van der Waals surface area contributed by atoms with Gasteiger partial charge in [0.25, 0.3) is 0 Å². The summed E-state index contributed by atoms with van der Waals surface area (Å²) in [6.07, 6.45) is 0. The van der Waals surface area contributed by atoms with E-state index in [0.29, 0.717) is 17.0 Å². The van der Waals surface area contributed by atoms with Crippen LogP contribution in [0, 0.1) is 12.7 Å². The Labute approximate surface area is 217 Å². The van der Waals surface area contributed by atoms with Gasteiger partial charge in [-0.3, -0.25) is 9.59 Å². The minimum absolute atomic E-state index is 0.0957. The van der Waals surface area contributed by atoms with Gasteiger partial charge in [-0.25, -0.2) is 4.39 Å². The third kappa shape index (κ3) is 4.39. The Hall–Kier alpha value is -4.57. The molecular formula is C28H20F2N2O5S. The van der Waals surface area contributed by atoms with Gasteiger partial charge in [0.2, 0.25) is 0 Å². The molecule has 4 aromatic carbocycles. The van der Waals surface area contributed by atoms with E-state index in [1.54, 1.807) is 31.2 Å². The van der Waals surface area contributed by atoms with E-state index in [2.05, 4.69) is 10.6 Å². The van der Waals surface area contributed by atoms with Crippen molar-refractivity contribution in [1.82, 2.24) is 0 Å². The molecule has 0 bridgehead atoms. The zero-order valence-electron chi connectivity index (χ0n) is 20.1. The van der Waals surface area contributed by atoms with Crippen molar-refractivity contribution in [3.63, 3.8) is 0 Å². The SMILES string of the molecule is COc1ccc(F)cc1Nc1cccc2c1C(=O)c1cccc(Nc3cc(S(=O)(=O)F)ccc3C)c1C2=O. The smallest absolute Gasteiger partial charge is 0.332 e. The number of methoxy groups -OCH3 is 1. The number of hydrogen-bond donors (Lipinski definition) is 2. The van der Waals surface area contributed by atoms with E-state index < -0.39 is 32.5 Å². The Morgan fingerprint density at radius 2 is 1.32 bits per heavy atom. The number of carbonyl (C=O) groups excluding carboxylic acids is 2. The number of carbonyl (C=O) groups is 2. The van der Waals surface area contributed by atoms with Gasteiger partial charge in [-0.2, -0.15) is 8.42 Å². The number of ketones is 2. The molecule has 0 spiro atoms. The standard InChI is InChI=1S/C28H20F2N2O5S/c1-15-9-11-17(38(30,35)36)14-22(15)31-20-7-3-5-18-25(20)27(33)19-6-4-8-21(26(19)28(18)34)32-23-13-16(29)10-12-24(23)37-2/h3-14,31-32H,1-2H3. The van der Waals surface area contributed by atoms with Gasteiger partial charge in [0.1, 0.15) is 16.5 Å². The van der Waals surface area contributed by atoms with Crippen LogP contribution in [0.3, 0.4) is 0 Å². The molecule has 7 nitrogen and oxygen atoms in total. The van der Waals surface area contributed by atoms with Crippen LogP contribution >= 0.6 is 0 Å². The normalized spacial score (nSPS) is 12.5. The summed E-state index contributed by atoms with van der Waals surface area (Å²) < 4.78 is 55.6. The second kappa shape index (κ2) is 9.38. The summed E-state index contributed by atoms with van der Waals surface area (Å²) in [6, 6.07) is 17.0. The highest BCUT2D eigenvalue weighted by atomic mass is 32.3. The summed E-state index contributed by atoms with van der Waals surface area (Å²) in [4.78, 5) is 26.9. The molecule has 5 rings (SSSR count). The van der Waals surface area contributed by atoms with Crippen LogP contribution in [0.1, 0.15) is 37.4 Å². The Bertz CT molecular complexity index is 1750. The van der Waals surface area contributed by atoms with Gasteiger partial charge in [-0.05, 0) is 48.9 Å². The number of ether oxygens (including phenoxy) is 1. The molecule has 0 saturated carbocycles. The summed E-state index contributed by atoms with van der Waals surface area (Å²) in [5.74, 6) is -1.05. The summed E-state index contributed by atoms with van der Waals surface area (Å²) in [6.45, 7) is 1.69. The summed E-state index contributed by atoms with van der Waals surface area (Å²) in [7, 11) is -3.52. The predicted molar refractivity (Wildman–Crippen MR) is 139 cm³/mol. The second-order valence-corrected chi connectivity index (χ2v) is 9.97. The average molecular weight is 535 g/mol. The molecule has 2 N–H and O–H groups in total. The first kappa shape index (κ1) is 25.1. The first-order chi connectivity index (χ1) is 18.1. The van der Waals surface area contributed by atoms with Crippen LogP contribution in [0.5, 0.6) is 5.75 Å². The first-order valence-electron chi connectivity index (χ1n) is 11.4. The summed E-state index contributed by atoms with van der Waals surface area (Å²) >= 11 is 0. The Kier molecular flexibility index (Phi) is 6.20. The molecule has 0 heterocycles. The maximum atomic E-state index is 13.9. The van der Waals surface area contributed by atoms with E-state index in [9.17, 15) is 26.3 Å². The van der Waals surface area contributed by atoms with Crippen molar-refractivity contribution >= 4 is 44.5 Å². The van der Waals surface area contributed by atoms with E-state index in [1.807, 2.05) is 0 Å². The molecule has 4 aromatic rings. The van der Waals surface area contributed by atoms with Gasteiger partial charge in [0.05, 0.1) is 35.3 Å². The maximum Gasteiger partial charge on any atom is 0.332 e. The van der Waals surface area contributed by atoms with Gasteiger partial charge < -0.3 is 15.4 Å². The summed E-state index contributed by atoms with van der Waals surface area (Å²) in [5, 5.41) is 6.00. The molecule has 10 heteroatoms. The van der Waals surface area contributed by atoms with Gasteiger partial charge in [0.15, 0.2) is 11.6 Å². The quantitative estimate of drug-likeness (QED) is 0.255. The van der Waals surface area contributed by atoms with Crippen molar-refractivity contribution in [2.75, 3.05) is 17.7 Å². The van der Waals surface area contributed by atoms with Crippen LogP contribution in [0.4, 0.5) is 31.0 Å². The van der Waals surface area contributed by atoms with Gasteiger partial charge in [-0.1, -0.05) is 30.3 Å². The first-order valence-corrected chi connectivity index (χ1v) is 12.7. The molecule has 0 fully saturated rings. The predicted octanol–water partition coefficient (Wildman–Crippen LogP) is 6.06. The monoisotopic (exact) mass is 534 g/mol. The highest BCUT2D eigenvalue weighted by Gasteiger charge is 2.34. The number of fused-ring (bicyclic) bond motifs is 2. The van der Waals surface area contributed by atoms with Gasteiger partial charge >= 0.3 is 10.2 Å². The van der Waals surface area contributed by atoms with Crippen LogP contribution in [0.25, 0.3) is 0 Å². The van der Waals surface area contributed by atoms with E-state index >= 15 is 0 Å².